The number of rotatable bonds is 4. The smallest absolute Gasteiger partial charge is 0.270 e. The molecule has 4 aromatic rings. The Balaban J connectivity index is 1.70. The van der Waals surface area contributed by atoms with Crippen molar-refractivity contribution in [3.05, 3.63) is 77.4 Å². The van der Waals surface area contributed by atoms with Crippen molar-refractivity contribution in [1.29, 1.82) is 0 Å². The predicted molar refractivity (Wildman–Crippen MR) is 109 cm³/mol. The van der Waals surface area contributed by atoms with Gasteiger partial charge in [-0.3, -0.25) is 4.79 Å². The standard InChI is InChI=1S/C22H17ClN4O/c23-17-9-5-4-8-16(17)19-12-20(22(28)24-15-10-11-15)27-21(25-19)13-18(26-27)14-6-2-1-3-7-14/h1-9,12-13,15H,10-11H2,(H,24,28). The summed E-state index contributed by atoms with van der Waals surface area (Å²) in [7, 11) is 0. The van der Waals surface area contributed by atoms with Crippen LogP contribution < -0.4 is 5.32 Å². The van der Waals surface area contributed by atoms with Crippen molar-refractivity contribution in [3.8, 4) is 22.5 Å². The van der Waals surface area contributed by atoms with Gasteiger partial charge in [0.2, 0.25) is 0 Å². The fourth-order valence-corrected chi connectivity index (χ4v) is 3.41. The predicted octanol–water partition coefficient (Wildman–Crippen LogP) is 4.61. The number of halogens is 1. The van der Waals surface area contributed by atoms with E-state index < -0.39 is 0 Å². The lowest BCUT2D eigenvalue weighted by atomic mass is 10.1. The summed E-state index contributed by atoms with van der Waals surface area (Å²) in [5, 5.41) is 8.29. The van der Waals surface area contributed by atoms with Crippen LogP contribution in [0.1, 0.15) is 23.3 Å². The molecule has 28 heavy (non-hydrogen) atoms. The van der Waals surface area contributed by atoms with Gasteiger partial charge in [-0.05, 0) is 25.0 Å². The van der Waals surface area contributed by atoms with Gasteiger partial charge in [0.1, 0.15) is 5.69 Å². The number of benzene rings is 2. The highest BCUT2D eigenvalue weighted by atomic mass is 35.5. The quantitative estimate of drug-likeness (QED) is 0.555. The Hall–Kier alpha value is -3.18. The molecule has 0 aliphatic heterocycles. The van der Waals surface area contributed by atoms with Crippen LogP contribution in [0.4, 0.5) is 0 Å². The van der Waals surface area contributed by atoms with Crippen molar-refractivity contribution in [3.63, 3.8) is 0 Å². The Labute approximate surface area is 167 Å². The molecule has 2 aromatic carbocycles. The number of hydrogen-bond donors (Lipinski definition) is 1. The molecule has 1 amide bonds. The molecule has 5 rings (SSSR count). The van der Waals surface area contributed by atoms with Crippen molar-refractivity contribution in [2.24, 2.45) is 0 Å². The van der Waals surface area contributed by atoms with Gasteiger partial charge in [0, 0.05) is 28.3 Å². The van der Waals surface area contributed by atoms with Crippen LogP contribution in [-0.2, 0) is 0 Å². The van der Waals surface area contributed by atoms with Crippen LogP contribution in [0.5, 0.6) is 0 Å². The highest BCUT2D eigenvalue weighted by molar-refractivity contribution is 6.33. The molecular formula is C22H17ClN4O. The van der Waals surface area contributed by atoms with Crippen molar-refractivity contribution in [2.75, 3.05) is 0 Å². The zero-order valence-corrected chi connectivity index (χ0v) is 15.7. The maximum atomic E-state index is 12.9. The lowest BCUT2D eigenvalue weighted by molar-refractivity contribution is 0.0943. The van der Waals surface area contributed by atoms with Gasteiger partial charge >= 0.3 is 0 Å². The van der Waals surface area contributed by atoms with E-state index in [1.54, 1.807) is 10.6 Å². The van der Waals surface area contributed by atoms with Crippen LogP contribution >= 0.6 is 11.6 Å². The summed E-state index contributed by atoms with van der Waals surface area (Å²) in [6.45, 7) is 0. The lowest BCUT2D eigenvalue weighted by Crippen LogP contribution is -2.27. The highest BCUT2D eigenvalue weighted by Gasteiger charge is 2.26. The SMILES string of the molecule is O=C(NC1CC1)c1cc(-c2ccccc2Cl)nc2cc(-c3ccccc3)nn12. The number of fused-ring (bicyclic) bond motifs is 1. The molecule has 0 unspecified atom stereocenters. The van der Waals surface area contributed by atoms with Crippen molar-refractivity contribution >= 4 is 23.2 Å². The summed E-state index contributed by atoms with van der Waals surface area (Å²) in [5.41, 5.74) is 4.24. The molecule has 0 radical (unpaired) electrons. The van der Waals surface area contributed by atoms with Gasteiger partial charge in [0.25, 0.3) is 5.91 Å². The van der Waals surface area contributed by atoms with E-state index in [1.807, 2.05) is 60.7 Å². The number of nitrogens with zero attached hydrogens (tertiary/aromatic N) is 3. The van der Waals surface area contributed by atoms with Gasteiger partial charge in [0.05, 0.1) is 11.4 Å². The molecule has 5 nitrogen and oxygen atoms in total. The fourth-order valence-electron chi connectivity index (χ4n) is 3.18. The first-order valence-corrected chi connectivity index (χ1v) is 9.59. The molecular weight excluding hydrogens is 372 g/mol. The molecule has 0 saturated heterocycles. The van der Waals surface area contributed by atoms with Gasteiger partial charge in [0.15, 0.2) is 5.65 Å². The molecule has 138 valence electrons. The van der Waals surface area contributed by atoms with E-state index in [-0.39, 0.29) is 11.9 Å². The van der Waals surface area contributed by atoms with Crippen LogP contribution in [-0.4, -0.2) is 26.5 Å². The van der Waals surface area contributed by atoms with Gasteiger partial charge in [-0.1, -0.05) is 60.1 Å². The third kappa shape index (κ3) is 3.14. The van der Waals surface area contributed by atoms with E-state index in [2.05, 4.69) is 10.4 Å². The highest BCUT2D eigenvalue weighted by Crippen LogP contribution is 2.29. The lowest BCUT2D eigenvalue weighted by Gasteiger charge is -2.09. The monoisotopic (exact) mass is 388 g/mol. The second-order valence-electron chi connectivity index (χ2n) is 6.92. The van der Waals surface area contributed by atoms with E-state index in [9.17, 15) is 4.79 Å². The summed E-state index contributed by atoms with van der Waals surface area (Å²) >= 11 is 6.37. The molecule has 6 heteroatoms. The first-order valence-electron chi connectivity index (χ1n) is 9.21. The zero-order chi connectivity index (χ0) is 19.1. The Morgan fingerprint density at radius 3 is 2.50 bits per heavy atom. The van der Waals surface area contributed by atoms with E-state index in [0.29, 0.717) is 22.1 Å². The van der Waals surface area contributed by atoms with Crippen molar-refractivity contribution < 1.29 is 4.79 Å². The topological polar surface area (TPSA) is 59.3 Å². The Kier molecular flexibility index (Phi) is 4.10. The molecule has 0 atom stereocenters. The average molecular weight is 389 g/mol. The van der Waals surface area contributed by atoms with Gasteiger partial charge in [-0.15, -0.1) is 0 Å². The Morgan fingerprint density at radius 1 is 1.00 bits per heavy atom. The van der Waals surface area contributed by atoms with Crippen molar-refractivity contribution in [2.45, 2.75) is 18.9 Å². The van der Waals surface area contributed by atoms with Crippen LogP contribution in [0.25, 0.3) is 28.2 Å². The molecule has 2 aromatic heterocycles. The van der Waals surface area contributed by atoms with Gasteiger partial charge < -0.3 is 5.32 Å². The van der Waals surface area contributed by atoms with E-state index >= 15 is 0 Å². The number of carbonyl (C=O) groups excluding carboxylic acids is 1. The normalized spacial score (nSPS) is 13.6. The van der Waals surface area contributed by atoms with E-state index in [4.69, 9.17) is 16.6 Å². The Morgan fingerprint density at radius 2 is 1.75 bits per heavy atom. The summed E-state index contributed by atoms with van der Waals surface area (Å²) < 4.78 is 1.61. The van der Waals surface area contributed by atoms with E-state index in [0.717, 1.165) is 29.7 Å². The van der Waals surface area contributed by atoms with E-state index in [1.165, 1.54) is 0 Å². The number of carbonyl (C=O) groups is 1. The summed E-state index contributed by atoms with van der Waals surface area (Å²) in [4.78, 5) is 17.6. The molecule has 0 spiro atoms. The summed E-state index contributed by atoms with van der Waals surface area (Å²) in [6, 6.07) is 21.3. The molecule has 1 N–H and O–H groups in total. The largest absolute Gasteiger partial charge is 0.348 e. The number of aromatic nitrogens is 3. The van der Waals surface area contributed by atoms with Crippen LogP contribution in [0, 0.1) is 0 Å². The van der Waals surface area contributed by atoms with Crippen molar-refractivity contribution in [1.82, 2.24) is 19.9 Å². The first-order chi connectivity index (χ1) is 13.7. The fraction of sp³-hybridized carbons (Fsp3) is 0.136. The van der Waals surface area contributed by atoms with Crippen LogP contribution in [0.2, 0.25) is 5.02 Å². The molecule has 1 fully saturated rings. The summed E-state index contributed by atoms with van der Waals surface area (Å²) in [5.74, 6) is -0.147. The molecule has 0 bridgehead atoms. The van der Waals surface area contributed by atoms with Gasteiger partial charge in [-0.2, -0.15) is 5.10 Å². The third-order valence-electron chi connectivity index (χ3n) is 4.79. The van der Waals surface area contributed by atoms with Crippen LogP contribution in [0.15, 0.2) is 66.7 Å². The molecule has 2 heterocycles. The number of amides is 1. The minimum Gasteiger partial charge on any atom is -0.348 e. The summed E-state index contributed by atoms with van der Waals surface area (Å²) in [6.07, 6.45) is 2.04. The Bertz CT molecular complexity index is 1180. The maximum Gasteiger partial charge on any atom is 0.270 e. The van der Waals surface area contributed by atoms with Gasteiger partial charge in [-0.25, -0.2) is 9.50 Å². The third-order valence-corrected chi connectivity index (χ3v) is 5.12. The minimum absolute atomic E-state index is 0.147. The maximum absolute atomic E-state index is 12.9. The molecule has 1 aliphatic rings. The molecule has 1 saturated carbocycles. The number of nitrogens with one attached hydrogen (secondary N) is 1. The zero-order valence-electron chi connectivity index (χ0n) is 15.0. The average Bonchev–Trinajstić information content (AvgIpc) is 3.42. The van der Waals surface area contributed by atoms with Crippen LogP contribution in [0.3, 0.4) is 0 Å². The molecule has 1 aliphatic carbocycles. The minimum atomic E-state index is -0.147. The first kappa shape index (κ1) is 17.0. The number of hydrogen-bond acceptors (Lipinski definition) is 3. The second-order valence-corrected chi connectivity index (χ2v) is 7.33. The second kappa shape index (κ2) is 6.77.